The van der Waals surface area contributed by atoms with Crippen LogP contribution in [0.1, 0.15) is 68.7 Å². The van der Waals surface area contributed by atoms with Gasteiger partial charge in [-0.25, -0.2) is 4.79 Å². The minimum absolute atomic E-state index is 0.0445. The summed E-state index contributed by atoms with van der Waals surface area (Å²) in [5, 5.41) is 0. The third-order valence-corrected chi connectivity index (χ3v) is 3.81. The van der Waals surface area contributed by atoms with E-state index in [0.717, 1.165) is 6.42 Å². The van der Waals surface area contributed by atoms with Crippen molar-refractivity contribution in [2.45, 2.75) is 80.8 Å². The number of carbonyl (C=O) groups excluding carboxylic acids is 2. The van der Waals surface area contributed by atoms with Crippen LogP contribution in [0.15, 0.2) is 0 Å². The first-order valence-electron chi connectivity index (χ1n) is 9.05. The van der Waals surface area contributed by atoms with E-state index in [2.05, 4.69) is 40.1 Å². The van der Waals surface area contributed by atoms with Crippen molar-refractivity contribution >= 4 is 11.9 Å². The molecule has 6 heteroatoms. The lowest BCUT2D eigenvalue weighted by atomic mass is 9.77. The minimum atomic E-state index is -0.734. The lowest BCUT2D eigenvalue weighted by Crippen LogP contribution is -2.47. The first kappa shape index (κ1) is 23.9. The van der Waals surface area contributed by atoms with Gasteiger partial charge in [0.2, 0.25) is 0 Å². The van der Waals surface area contributed by atoms with Gasteiger partial charge in [-0.3, -0.25) is 4.79 Å². The molecule has 148 valence electrons. The summed E-state index contributed by atoms with van der Waals surface area (Å²) in [5.74, 6) is -1.15. The highest BCUT2D eigenvalue weighted by Gasteiger charge is 2.31. The summed E-state index contributed by atoms with van der Waals surface area (Å²) < 4.78 is 5.49. The highest BCUT2D eigenvalue weighted by molar-refractivity contribution is 5.78. The van der Waals surface area contributed by atoms with E-state index >= 15 is 0 Å². The second-order valence-corrected chi connectivity index (χ2v) is 9.54. The maximum atomic E-state index is 12.4. The Morgan fingerprint density at radius 3 is 1.88 bits per heavy atom. The van der Waals surface area contributed by atoms with Gasteiger partial charge in [0.25, 0.3) is 0 Å². The van der Waals surface area contributed by atoms with E-state index in [1.54, 1.807) is 0 Å². The molecule has 25 heavy (non-hydrogen) atoms. The molecule has 0 aromatic heterocycles. The smallest absolute Gasteiger partial charge is 0.341 e. The van der Waals surface area contributed by atoms with Crippen LogP contribution in [0.2, 0.25) is 0 Å². The Hall–Kier alpha value is -1.14. The average Bonchev–Trinajstić information content (AvgIpc) is 2.41. The number of esters is 1. The molecule has 0 bridgehead atoms. The van der Waals surface area contributed by atoms with Crippen LogP contribution in [0.4, 0.5) is 0 Å². The summed E-state index contributed by atoms with van der Waals surface area (Å²) in [5.41, 5.74) is 8.29. The van der Waals surface area contributed by atoms with E-state index in [4.69, 9.17) is 15.3 Å². The van der Waals surface area contributed by atoms with Gasteiger partial charge in [-0.05, 0) is 29.1 Å². The van der Waals surface area contributed by atoms with Crippen LogP contribution >= 0.6 is 0 Å². The van der Waals surface area contributed by atoms with Gasteiger partial charge in [0.15, 0.2) is 0 Å². The van der Waals surface area contributed by atoms with Crippen molar-refractivity contribution in [1.82, 2.24) is 5.48 Å². The van der Waals surface area contributed by atoms with Crippen LogP contribution in [0.3, 0.4) is 0 Å². The molecule has 2 atom stereocenters. The molecule has 0 saturated carbocycles. The van der Waals surface area contributed by atoms with E-state index in [1.165, 1.54) is 0 Å². The number of hydrogen-bond donors (Lipinski definition) is 2. The fourth-order valence-corrected chi connectivity index (χ4v) is 2.76. The Balaban J connectivity index is 4.68. The Morgan fingerprint density at radius 2 is 1.48 bits per heavy atom. The molecule has 0 amide bonds. The second kappa shape index (κ2) is 9.53. The Labute approximate surface area is 153 Å². The second-order valence-electron chi connectivity index (χ2n) is 9.54. The first-order chi connectivity index (χ1) is 11.2. The largest absolute Gasteiger partial charge is 0.464 e. The van der Waals surface area contributed by atoms with E-state index in [-0.39, 0.29) is 22.7 Å². The number of hydrogen-bond acceptors (Lipinski definition) is 6. The van der Waals surface area contributed by atoms with Crippen LogP contribution in [-0.4, -0.2) is 30.6 Å². The quantitative estimate of drug-likeness (QED) is 0.486. The lowest BCUT2D eigenvalue weighted by Gasteiger charge is -2.32. The van der Waals surface area contributed by atoms with Crippen molar-refractivity contribution in [2.75, 3.05) is 6.61 Å². The number of carbonyl (C=O) groups is 2. The average molecular weight is 359 g/mol. The van der Waals surface area contributed by atoms with E-state index in [1.807, 2.05) is 27.7 Å². The van der Waals surface area contributed by atoms with E-state index in [9.17, 15) is 9.59 Å². The van der Waals surface area contributed by atoms with Crippen LogP contribution in [0.5, 0.6) is 0 Å². The summed E-state index contributed by atoms with van der Waals surface area (Å²) >= 11 is 0. The van der Waals surface area contributed by atoms with Gasteiger partial charge in [0.1, 0.15) is 12.1 Å². The summed E-state index contributed by atoms with van der Waals surface area (Å²) in [6, 6.07) is -1.46. The van der Waals surface area contributed by atoms with Crippen molar-refractivity contribution in [3.8, 4) is 0 Å². The van der Waals surface area contributed by atoms with E-state index < -0.39 is 24.0 Å². The highest BCUT2D eigenvalue weighted by Crippen LogP contribution is 2.33. The topological polar surface area (TPSA) is 90.7 Å². The lowest BCUT2D eigenvalue weighted by molar-refractivity contribution is -0.165. The molecule has 0 aliphatic heterocycles. The molecule has 0 radical (unpaired) electrons. The van der Waals surface area contributed by atoms with Crippen LogP contribution in [-0.2, 0) is 19.2 Å². The summed E-state index contributed by atoms with van der Waals surface area (Å²) in [6.07, 6.45) is 0.922. The van der Waals surface area contributed by atoms with Crippen molar-refractivity contribution in [1.29, 1.82) is 0 Å². The predicted octanol–water partition coefficient (Wildman–Crippen LogP) is 3.05. The Kier molecular flexibility index (Phi) is 9.09. The third-order valence-electron chi connectivity index (χ3n) is 3.81. The highest BCUT2D eigenvalue weighted by atomic mass is 16.7. The zero-order valence-corrected chi connectivity index (χ0v) is 17.4. The standard InChI is InChI=1S/C19H38N2O4/c1-12(2)14(20)16(22)25-21-15(13(3)4)17(23)24-11-19(8,9)10-18(5,6)7/h12-15,21H,10-11,20H2,1-9H3. The van der Waals surface area contributed by atoms with Gasteiger partial charge in [-0.1, -0.05) is 62.3 Å². The molecule has 0 spiro atoms. The van der Waals surface area contributed by atoms with Crippen molar-refractivity contribution in [3.63, 3.8) is 0 Å². The van der Waals surface area contributed by atoms with Gasteiger partial charge in [0, 0.05) is 0 Å². The molecule has 0 aliphatic rings. The predicted molar refractivity (Wildman–Crippen MR) is 99.5 cm³/mol. The molecule has 0 saturated heterocycles. The third kappa shape index (κ3) is 9.80. The van der Waals surface area contributed by atoms with Crippen LogP contribution in [0, 0.1) is 22.7 Å². The first-order valence-corrected chi connectivity index (χ1v) is 9.05. The number of ether oxygens (including phenoxy) is 1. The maximum Gasteiger partial charge on any atom is 0.341 e. The molecule has 0 aromatic rings. The Bertz CT molecular complexity index is 439. The molecule has 0 fully saturated rings. The van der Waals surface area contributed by atoms with E-state index in [0.29, 0.717) is 6.61 Å². The molecular formula is C19H38N2O4. The van der Waals surface area contributed by atoms with Gasteiger partial charge in [-0.2, -0.15) is 0 Å². The summed E-state index contributed by atoms with van der Waals surface area (Å²) in [7, 11) is 0. The SMILES string of the molecule is CC(C)C(N)C(=O)ONC(C(=O)OCC(C)(C)CC(C)(C)C)C(C)C. The zero-order chi connectivity index (χ0) is 20.0. The molecule has 0 aliphatic carbocycles. The molecule has 6 nitrogen and oxygen atoms in total. The summed E-state index contributed by atoms with van der Waals surface area (Å²) in [6.45, 7) is 18.3. The molecular weight excluding hydrogens is 320 g/mol. The maximum absolute atomic E-state index is 12.4. The fraction of sp³-hybridized carbons (Fsp3) is 0.895. The number of rotatable bonds is 9. The zero-order valence-electron chi connectivity index (χ0n) is 17.4. The van der Waals surface area contributed by atoms with Gasteiger partial charge < -0.3 is 15.3 Å². The van der Waals surface area contributed by atoms with Crippen LogP contribution < -0.4 is 11.2 Å². The van der Waals surface area contributed by atoms with Gasteiger partial charge in [-0.15, -0.1) is 5.48 Å². The fourth-order valence-electron chi connectivity index (χ4n) is 2.76. The molecule has 0 aromatic carbocycles. The molecule has 3 N–H and O–H groups in total. The van der Waals surface area contributed by atoms with Gasteiger partial charge in [0.05, 0.1) is 6.61 Å². The summed E-state index contributed by atoms with van der Waals surface area (Å²) in [4.78, 5) is 29.3. The number of nitrogens with one attached hydrogen (secondary N) is 1. The number of hydroxylamine groups is 1. The minimum Gasteiger partial charge on any atom is -0.464 e. The number of nitrogens with two attached hydrogens (primary N) is 1. The molecule has 2 unspecified atom stereocenters. The normalized spacial score (nSPS) is 15.2. The van der Waals surface area contributed by atoms with Crippen molar-refractivity contribution in [3.05, 3.63) is 0 Å². The monoisotopic (exact) mass is 358 g/mol. The van der Waals surface area contributed by atoms with Gasteiger partial charge >= 0.3 is 11.9 Å². The Morgan fingerprint density at radius 1 is 0.960 bits per heavy atom. The molecule has 0 heterocycles. The van der Waals surface area contributed by atoms with Crippen LogP contribution in [0.25, 0.3) is 0 Å². The van der Waals surface area contributed by atoms with Crippen molar-refractivity contribution < 1.29 is 19.2 Å². The van der Waals surface area contributed by atoms with Crippen molar-refractivity contribution in [2.24, 2.45) is 28.4 Å². The molecule has 0 rings (SSSR count).